The maximum Gasteiger partial charge on any atom is 0.143 e. The Morgan fingerprint density at radius 3 is 1.61 bits per heavy atom. The first-order chi connectivity index (χ1) is 34.0. The molecule has 3 aliphatic rings. The third kappa shape index (κ3) is 6.00. The summed E-state index contributed by atoms with van der Waals surface area (Å²) in [6, 6.07) is 71.4. The van der Waals surface area contributed by atoms with Gasteiger partial charge in [-0.25, -0.2) is 0 Å². The average molecular weight is 920 g/mol. The smallest absolute Gasteiger partial charge is 0.143 e. The van der Waals surface area contributed by atoms with Crippen LogP contribution in [0.25, 0.3) is 55.3 Å². The van der Waals surface area contributed by atoms with E-state index >= 15 is 0 Å². The van der Waals surface area contributed by atoms with E-state index in [9.17, 15) is 0 Å². The van der Waals surface area contributed by atoms with Gasteiger partial charge in [-0.2, -0.15) is 0 Å². The zero-order chi connectivity index (χ0) is 49.0. The third-order valence-corrected chi connectivity index (χ3v) is 16.8. The van der Waals surface area contributed by atoms with Crippen LogP contribution in [-0.2, 0) is 27.1 Å². The standard InChI is InChI=1S/C69H61NO/c1-65(2,3)44-39-53-51-37-38-57-61(64(51)71-63(53)59(40-44)66(4,5)6)52-26-20-30-60(62(52)68(57,9)10)70(46-35-36-50-47-23-14-17-27-54(47)67(7,8)58(50)41-46)45-33-31-43(32-34-45)69(42-21-12-11-13-22-42)55-28-18-15-24-48(55)49-25-16-19-29-56(49)69/h11-41H,1-10H3. The topological polar surface area (TPSA) is 16.4 Å². The summed E-state index contributed by atoms with van der Waals surface area (Å²) in [6.07, 6.45) is 0. The molecule has 3 aliphatic carbocycles. The van der Waals surface area contributed by atoms with Gasteiger partial charge in [0, 0.05) is 44.1 Å². The lowest BCUT2D eigenvalue weighted by Crippen LogP contribution is -2.28. The number of fused-ring (bicyclic) bond motifs is 13. The van der Waals surface area contributed by atoms with E-state index in [0.717, 1.165) is 22.5 Å². The fourth-order valence-electron chi connectivity index (χ4n) is 13.3. The van der Waals surface area contributed by atoms with E-state index in [1.165, 1.54) is 105 Å². The zero-order valence-electron chi connectivity index (χ0n) is 42.8. The van der Waals surface area contributed by atoms with Crippen LogP contribution in [0.5, 0.6) is 0 Å². The van der Waals surface area contributed by atoms with Crippen LogP contribution in [0.15, 0.2) is 192 Å². The molecular weight excluding hydrogens is 859 g/mol. The molecule has 9 aromatic carbocycles. The molecule has 71 heavy (non-hydrogen) atoms. The third-order valence-electron chi connectivity index (χ3n) is 16.8. The largest absolute Gasteiger partial charge is 0.455 e. The molecule has 1 heterocycles. The van der Waals surface area contributed by atoms with Crippen molar-refractivity contribution in [1.82, 2.24) is 0 Å². The second-order valence-corrected chi connectivity index (χ2v) is 23.7. The number of hydrogen-bond acceptors (Lipinski definition) is 2. The lowest BCUT2D eigenvalue weighted by atomic mass is 9.67. The summed E-state index contributed by atoms with van der Waals surface area (Å²) in [5.74, 6) is 0. The van der Waals surface area contributed by atoms with Crippen molar-refractivity contribution in [2.75, 3.05) is 4.90 Å². The highest BCUT2D eigenvalue weighted by Crippen LogP contribution is 2.60. The molecule has 0 saturated heterocycles. The molecule has 2 heteroatoms. The Hall–Kier alpha value is -7.42. The minimum absolute atomic E-state index is 0.0105. The van der Waals surface area contributed by atoms with Crippen molar-refractivity contribution < 1.29 is 4.42 Å². The Kier molecular flexibility index (Phi) is 9.09. The minimum atomic E-state index is -0.489. The number of benzene rings is 9. The molecule has 0 spiro atoms. The molecule has 0 amide bonds. The van der Waals surface area contributed by atoms with Crippen LogP contribution in [0.2, 0.25) is 0 Å². The van der Waals surface area contributed by atoms with Crippen molar-refractivity contribution in [3.8, 4) is 33.4 Å². The Bertz CT molecular complexity index is 3780. The van der Waals surface area contributed by atoms with Gasteiger partial charge in [0.05, 0.1) is 11.1 Å². The highest BCUT2D eigenvalue weighted by Gasteiger charge is 2.47. The van der Waals surface area contributed by atoms with Crippen molar-refractivity contribution in [3.63, 3.8) is 0 Å². The second-order valence-electron chi connectivity index (χ2n) is 23.7. The molecule has 1 aromatic heterocycles. The first-order valence-corrected chi connectivity index (χ1v) is 25.6. The van der Waals surface area contributed by atoms with Crippen LogP contribution in [0.3, 0.4) is 0 Å². The van der Waals surface area contributed by atoms with Gasteiger partial charge in [0.15, 0.2) is 0 Å². The van der Waals surface area contributed by atoms with Crippen LogP contribution < -0.4 is 4.90 Å². The predicted octanol–water partition coefficient (Wildman–Crippen LogP) is 18.6. The fourth-order valence-corrected chi connectivity index (χ4v) is 13.3. The molecule has 13 rings (SSSR count). The number of nitrogens with zero attached hydrogens (tertiary/aromatic N) is 1. The maximum atomic E-state index is 7.29. The van der Waals surface area contributed by atoms with Gasteiger partial charge in [-0.1, -0.05) is 221 Å². The van der Waals surface area contributed by atoms with Crippen molar-refractivity contribution in [1.29, 1.82) is 0 Å². The highest BCUT2D eigenvalue weighted by atomic mass is 16.3. The van der Waals surface area contributed by atoms with E-state index in [2.05, 4.69) is 262 Å². The Morgan fingerprint density at radius 1 is 0.394 bits per heavy atom. The van der Waals surface area contributed by atoms with Gasteiger partial charge in [-0.3, -0.25) is 0 Å². The predicted molar refractivity (Wildman–Crippen MR) is 298 cm³/mol. The van der Waals surface area contributed by atoms with Crippen LogP contribution in [0.1, 0.15) is 125 Å². The maximum absolute atomic E-state index is 7.29. The van der Waals surface area contributed by atoms with Crippen LogP contribution in [0, 0.1) is 0 Å². The first kappa shape index (κ1) is 43.6. The number of rotatable bonds is 5. The number of hydrogen-bond donors (Lipinski definition) is 0. The van der Waals surface area contributed by atoms with Gasteiger partial charge in [0.1, 0.15) is 11.2 Å². The van der Waals surface area contributed by atoms with E-state index in [-0.39, 0.29) is 21.7 Å². The number of anilines is 3. The fraction of sp³-hybridized carbons (Fsp3) is 0.217. The van der Waals surface area contributed by atoms with Gasteiger partial charge in [0.2, 0.25) is 0 Å². The Balaban J connectivity index is 1.05. The van der Waals surface area contributed by atoms with E-state index in [1.54, 1.807) is 0 Å². The van der Waals surface area contributed by atoms with Gasteiger partial charge < -0.3 is 9.32 Å². The molecule has 0 bridgehead atoms. The molecule has 2 nitrogen and oxygen atoms in total. The number of furan rings is 1. The van der Waals surface area contributed by atoms with Crippen LogP contribution in [0.4, 0.5) is 17.1 Å². The van der Waals surface area contributed by atoms with E-state index in [0.29, 0.717) is 0 Å². The Labute approximate surface area is 419 Å². The van der Waals surface area contributed by atoms with E-state index in [4.69, 9.17) is 4.42 Å². The SMILES string of the molecule is CC(C)(C)c1cc(C(C)(C)C)c2oc3c4c(ccc3c2c1)C(C)(C)c1c-4cccc1N(c1ccc(C2(c3ccccc3)c3ccccc3-c3ccccc32)cc1)c1ccc2c(c1)C(C)(C)c1ccccc1-2. The van der Waals surface area contributed by atoms with Crippen LogP contribution >= 0.6 is 0 Å². The van der Waals surface area contributed by atoms with Gasteiger partial charge in [-0.15, -0.1) is 0 Å². The van der Waals surface area contributed by atoms with Gasteiger partial charge in [-0.05, 0) is 125 Å². The summed E-state index contributed by atoms with van der Waals surface area (Å²) in [5, 5.41) is 2.38. The molecular formula is C69H61NO. The summed E-state index contributed by atoms with van der Waals surface area (Å²) >= 11 is 0. The molecule has 0 atom stereocenters. The van der Waals surface area contributed by atoms with E-state index in [1.807, 2.05) is 0 Å². The molecule has 0 unspecified atom stereocenters. The lowest BCUT2D eigenvalue weighted by Gasteiger charge is -2.35. The molecule has 0 saturated carbocycles. The van der Waals surface area contributed by atoms with Crippen molar-refractivity contribution in [3.05, 3.63) is 244 Å². The van der Waals surface area contributed by atoms with Crippen molar-refractivity contribution in [2.24, 2.45) is 0 Å². The normalized spacial score (nSPS) is 15.5. The first-order valence-electron chi connectivity index (χ1n) is 25.6. The summed E-state index contributed by atoms with van der Waals surface area (Å²) < 4.78 is 7.29. The summed E-state index contributed by atoms with van der Waals surface area (Å²) in [7, 11) is 0. The molecule has 0 aliphatic heterocycles. The van der Waals surface area contributed by atoms with Crippen LogP contribution in [-0.4, -0.2) is 0 Å². The monoisotopic (exact) mass is 919 g/mol. The molecule has 0 radical (unpaired) electrons. The summed E-state index contributed by atoms with van der Waals surface area (Å²) in [6.45, 7) is 23.5. The van der Waals surface area contributed by atoms with Gasteiger partial charge in [0.25, 0.3) is 0 Å². The molecule has 10 aromatic rings. The average Bonchev–Trinajstić information content (AvgIpc) is 4.03. The molecule has 0 N–H and O–H groups in total. The lowest BCUT2D eigenvalue weighted by molar-refractivity contribution is 0.559. The second kappa shape index (κ2) is 14.8. The van der Waals surface area contributed by atoms with E-state index < -0.39 is 5.41 Å². The minimum Gasteiger partial charge on any atom is -0.455 e. The summed E-state index contributed by atoms with van der Waals surface area (Å²) in [5.41, 5.74) is 25.0. The van der Waals surface area contributed by atoms with Crippen molar-refractivity contribution in [2.45, 2.75) is 96.3 Å². The molecule has 0 fully saturated rings. The quantitative estimate of drug-likeness (QED) is 0.171. The zero-order valence-corrected chi connectivity index (χ0v) is 42.8. The molecule has 348 valence electrons. The van der Waals surface area contributed by atoms with Crippen molar-refractivity contribution >= 4 is 39.0 Å². The summed E-state index contributed by atoms with van der Waals surface area (Å²) in [4.78, 5) is 2.55. The Morgan fingerprint density at radius 2 is 0.958 bits per heavy atom. The highest BCUT2D eigenvalue weighted by molar-refractivity contribution is 6.13. The van der Waals surface area contributed by atoms with Gasteiger partial charge >= 0.3 is 0 Å².